The zero-order valence-electron chi connectivity index (χ0n) is 34.8. The van der Waals surface area contributed by atoms with Gasteiger partial charge in [-0.3, -0.25) is 0 Å². The van der Waals surface area contributed by atoms with Crippen LogP contribution < -0.4 is 0 Å². The van der Waals surface area contributed by atoms with E-state index >= 15 is 0 Å². The van der Waals surface area contributed by atoms with Gasteiger partial charge in [0.05, 0.1) is 31.5 Å². The molecule has 0 radical (unpaired) electrons. The Labute approximate surface area is 336 Å². The highest BCUT2D eigenvalue weighted by molar-refractivity contribution is 5.31. The SMILES string of the molecule is COC1OC(C=C(C)C)C(O)C1C1CCC2(C)C3CCC4C(C)(CO)C(OC5OC(CO)C(O)C(O)C5OC5OC(C)C(O)C(O)C5O)CCC45CC35CCC12C. The van der Waals surface area contributed by atoms with Crippen LogP contribution >= 0.6 is 0 Å². The van der Waals surface area contributed by atoms with Crippen molar-refractivity contribution in [3.8, 4) is 0 Å². The molecular formula is C43H70O14. The summed E-state index contributed by atoms with van der Waals surface area (Å²) >= 11 is 0. The maximum Gasteiger partial charge on any atom is 0.187 e. The fraction of sp³-hybridized carbons (Fsp3) is 0.953. The lowest BCUT2D eigenvalue weighted by atomic mass is 9.41. The Morgan fingerprint density at radius 3 is 2.05 bits per heavy atom. The summed E-state index contributed by atoms with van der Waals surface area (Å²) in [6, 6.07) is 0. The van der Waals surface area contributed by atoms with Crippen LogP contribution in [0.5, 0.6) is 0 Å². The van der Waals surface area contributed by atoms with E-state index in [1.807, 2.05) is 19.9 Å². The van der Waals surface area contributed by atoms with Gasteiger partial charge in [-0.2, -0.15) is 0 Å². The van der Waals surface area contributed by atoms with Gasteiger partial charge in [-0.1, -0.05) is 32.4 Å². The van der Waals surface area contributed by atoms with Crippen molar-refractivity contribution in [2.75, 3.05) is 20.3 Å². The van der Waals surface area contributed by atoms with Crippen molar-refractivity contribution < 1.29 is 69.3 Å². The van der Waals surface area contributed by atoms with Crippen LogP contribution in [0.3, 0.4) is 0 Å². The van der Waals surface area contributed by atoms with E-state index in [0.29, 0.717) is 12.3 Å². The Morgan fingerprint density at radius 1 is 0.684 bits per heavy atom. The number of fused-ring (bicyclic) bond motifs is 2. The summed E-state index contributed by atoms with van der Waals surface area (Å²) in [5, 5.41) is 86.8. The fourth-order valence-electron chi connectivity index (χ4n) is 14.8. The van der Waals surface area contributed by atoms with Crippen LogP contribution in [0, 0.1) is 50.7 Å². The molecular weight excluding hydrogens is 740 g/mol. The van der Waals surface area contributed by atoms with Crippen LogP contribution in [0.25, 0.3) is 0 Å². The molecule has 14 heteroatoms. The molecule has 8 N–H and O–H groups in total. The van der Waals surface area contributed by atoms with Gasteiger partial charge >= 0.3 is 0 Å². The standard InChI is InChI=1S/C43H70O14/c1-20(2)16-23-30(47)28(36(52-7)54-23)22-10-12-41(6)26-9-8-25-39(4,19-45)27(11-13-42(25)18-43(26,42)15-14-40(22,41)5)56-38-35(33(50)31(48)24(17-44)55-38)57-37-34(51)32(49)29(46)21(3)53-37/h16,21-38,44-51H,8-15,17-19H2,1-7H3. The summed E-state index contributed by atoms with van der Waals surface area (Å²) in [5.74, 6) is 0.794. The molecule has 23 atom stereocenters. The van der Waals surface area contributed by atoms with E-state index in [2.05, 4.69) is 20.8 Å². The zero-order chi connectivity index (χ0) is 41.2. The molecule has 0 bridgehead atoms. The molecule has 3 saturated heterocycles. The summed E-state index contributed by atoms with van der Waals surface area (Å²) in [7, 11) is 1.69. The van der Waals surface area contributed by atoms with Gasteiger partial charge in [-0.05, 0) is 118 Å². The number of methoxy groups -OCH3 is 1. The molecule has 23 unspecified atom stereocenters. The van der Waals surface area contributed by atoms with Gasteiger partial charge < -0.3 is 69.3 Å². The maximum absolute atomic E-state index is 11.7. The lowest BCUT2D eigenvalue weighted by Gasteiger charge is -2.64. The Bertz CT molecular complexity index is 1510. The van der Waals surface area contributed by atoms with E-state index in [1.54, 1.807) is 7.11 Å². The highest BCUT2D eigenvalue weighted by Crippen LogP contribution is 2.89. The second-order valence-corrected chi connectivity index (χ2v) is 20.5. The number of hydrogen-bond acceptors (Lipinski definition) is 14. The fourth-order valence-corrected chi connectivity index (χ4v) is 14.8. The first-order valence-corrected chi connectivity index (χ1v) is 21.6. The van der Waals surface area contributed by atoms with Crippen LogP contribution in [-0.4, -0.2) is 147 Å². The lowest BCUT2D eigenvalue weighted by molar-refractivity contribution is -0.376. The minimum Gasteiger partial charge on any atom is -0.396 e. The van der Waals surface area contributed by atoms with Crippen molar-refractivity contribution in [3.63, 3.8) is 0 Å². The summed E-state index contributed by atoms with van der Waals surface area (Å²) in [6.07, 6.45) is -5.22. The topological polar surface area (TPSA) is 217 Å². The summed E-state index contributed by atoms with van der Waals surface area (Å²) in [6.45, 7) is 11.9. The van der Waals surface area contributed by atoms with Gasteiger partial charge in [-0.15, -0.1) is 0 Å². The van der Waals surface area contributed by atoms with Crippen molar-refractivity contribution in [1.82, 2.24) is 0 Å². The third-order valence-corrected chi connectivity index (χ3v) is 18.0. The van der Waals surface area contributed by atoms with Crippen LogP contribution in [0.15, 0.2) is 11.6 Å². The van der Waals surface area contributed by atoms with Crippen molar-refractivity contribution in [3.05, 3.63) is 11.6 Å². The van der Waals surface area contributed by atoms with Gasteiger partial charge in [0.2, 0.25) is 0 Å². The molecule has 0 amide bonds. The first-order valence-electron chi connectivity index (χ1n) is 21.6. The van der Waals surface area contributed by atoms with Gasteiger partial charge in [0.15, 0.2) is 18.9 Å². The largest absolute Gasteiger partial charge is 0.396 e. The summed E-state index contributed by atoms with van der Waals surface area (Å²) < 4.78 is 36.8. The van der Waals surface area contributed by atoms with E-state index in [1.165, 1.54) is 6.92 Å². The number of allylic oxidation sites excluding steroid dienone is 1. The molecule has 8 rings (SSSR count). The average molecular weight is 811 g/mol. The molecule has 0 aromatic carbocycles. The zero-order valence-corrected chi connectivity index (χ0v) is 34.8. The molecule has 3 aliphatic heterocycles. The van der Waals surface area contributed by atoms with Crippen molar-refractivity contribution >= 4 is 0 Å². The smallest absolute Gasteiger partial charge is 0.187 e. The molecule has 8 aliphatic rings. The second kappa shape index (κ2) is 14.9. The Hall–Kier alpha value is -0.820. The molecule has 2 spiro atoms. The van der Waals surface area contributed by atoms with Crippen LogP contribution in [-0.2, 0) is 28.4 Å². The van der Waals surface area contributed by atoms with E-state index in [4.69, 9.17) is 28.4 Å². The number of rotatable bonds is 9. The first-order chi connectivity index (χ1) is 26.9. The summed E-state index contributed by atoms with van der Waals surface area (Å²) in [4.78, 5) is 0. The molecule has 8 fully saturated rings. The summed E-state index contributed by atoms with van der Waals surface area (Å²) in [5.41, 5.74) is 0.650. The molecule has 0 aromatic heterocycles. The Balaban J connectivity index is 1.03. The second-order valence-electron chi connectivity index (χ2n) is 20.5. The number of hydrogen-bond donors (Lipinski definition) is 8. The molecule has 0 aromatic rings. The van der Waals surface area contributed by atoms with Crippen molar-refractivity contribution in [2.45, 2.75) is 185 Å². The molecule has 57 heavy (non-hydrogen) atoms. The number of aliphatic hydroxyl groups is 8. The number of ether oxygens (including phenoxy) is 6. The van der Waals surface area contributed by atoms with Crippen LogP contribution in [0.1, 0.15) is 99.3 Å². The van der Waals surface area contributed by atoms with Crippen molar-refractivity contribution in [2.24, 2.45) is 50.7 Å². The minimum atomic E-state index is -1.66. The Morgan fingerprint density at radius 2 is 1.39 bits per heavy atom. The highest BCUT2D eigenvalue weighted by Gasteiger charge is 2.83. The van der Waals surface area contributed by atoms with Gasteiger partial charge in [0, 0.05) is 18.4 Å². The predicted molar refractivity (Wildman–Crippen MR) is 203 cm³/mol. The van der Waals surface area contributed by atoms with Gasteiger partial charge in [0.1, 0.15) is 48.8 Å². The van der Waals surface area contributed by atoms with E-state index < -0.39 is 91.9 Å². The van der Waals surface area contributed by atoms with E-state index in [0.717, 1.165) is 56.9 Å². The molecule has 5 aliphatic carbocycles. The van der Waals surface area contributed by atoms with Crippen molar-refractivity contribution in [1.29, 1.82) is 0 Å². The molecule has 326 valence electrons. The third kappa shape index (κ3) is 6.08. The quantitative estimate of drug-likeness (QED) is 0.123. The van der Waals surface area contributed by atoms with E-state index in [9.17, 15) is 40.9 Å². The molecule has 3 heterocycles. The van der Waals surface area contributed by atoms with Crippen LogP contribution in [0.2, 0.25) is 0 Å². The van der Waals surface area contributed by atoms with Gasteiger partial charge in [0.25, 0.3) is 0 Å². The third-order valence-electron chi connectivity index (χ3n) is 18.0. The molecule has 5 saturated carbocycles. The predicted octanol–water partition coefficient (Wildman–Crippen LogP) is 1.75. The normalized spacial score (nSPS) is 58.3. The minimum absolute atomic E-state index is 0.00465. The number of aliphatic hydroxyl groups excluding tert-OH is 8. The monoisotopic (exact) mass is 810 g/mol. The lowest BCUT2D eigenvalue weighted by Crippen LogP contribution is -2.65. The maximum atomic E-state index is 11.7. The highest BCUT2D eigenvalue weighted by atomic mass is 16.8. The Kier molecular flexibility index (Phi) is 11.2. The van der Waals surface area contributed by atoms with Gasteiger partial charge in [-0.25, -0.2) is 0 Å². The average Bonchev–Trinajstić information content (AvgIpc) is 3.65. The molecule has 14 nitrogen and oxygen atoms in total. The van der Waals surface area contributed by atoms with E-state index in [-0.39, 0.29) is 52.1 Å². The van der Waals surface area contributed by atoms with Crippen LogP contribution in [0.4, 0.5) is 0 Å². The first kappa shape index (κ1) is 42.9.